The third-order valence-electron chi connectivity index (χ3n) is 3.00. The van der Waals surface area contributed by atoms with Gasteiger partial charge in [0.15, 0.2) is 0 Å². The summed E-state index contributed by atoms with van der Waals surface area (Å²) in [7, 11) is 3.72. The molecule has 0 unspecified atom stereocenters. The number of nitrogen functional groups attached to an aromatic ring is 1. The Labute approximate surface area is 124 Å². The van der Waals surface area contributed by atoms with Crippen molar-refractivity contribution in [3.63, 3.8) is 0 Å². The molecule has 2 heterocycles. The summed E-state index contributed by atoms with van der Waals surface area (Å²) in [5, 5.41) is 11.2. The first-order chi connectivity index (χ1) is 10.2. The van der Waals surface area contributed by atoms with Crippen molar-refractivity contribution in [2.45, 2.75) is 6.54 Å². The highest BCUT2D eigenvalue weighted by molar-refractivity contribution is 5.34. The number of rotatable bonds is 3. The summed E-state index contributed by atoms with van der Waals surface area (Å²) in [4.78, 5) is 0. The number of nitrogens with two attached hydrogens (primary N) is 1. The lowest BCUT2D eigenvalue weighted by atomic mass is 10.2. The van der Waals surface area contributed by atoms with Gasteiger partial charge in [0.1, 0.15) is 11.6 Å². The van der Waals surface area contributed by atoms with Gasteiger partial charge < -0.3 is 11.1 Å². The lowest BCUT2D eigenvalue weighted by Crippen LogP contribution is -2.04. The average Bonchev–Trinajstić information content (AvgIpc) is 3.08. The van der Waals surface area contributed by atoms with Gasteiger partial charge in [0, 0.05) is 26.7 Å². The van der Waals surface area contributed by atoms with Crippen LogP contribution in [0, 0.1) is 0 Å². The van der Waals surface area contributed by atoms with Gasteiger partial charge in [-0.1, -0.05) is 30.3 Å². The number of hydrogen-bond donors (Lipinski definition) is 2. The minimum atomic E-state index is 0.694. The summed E-state index contributed by atoms with van der Waals surface area (Å²) in [5.41, 5.74) is 6.61. The van der Waals surface area contributed by atoms with Crippen LogP contribution < -0.4 is 11.1 Å². The highest BCUT2D eigenvalue weighted by Crippen LogP contribution is 2.06. The lowest BCUT2D eigenvalue weighted by molar-refractivity contribution is 0.769. The van der Waals surface area contributed by atoms with Crippen molar-refractivity contribution < 1.29 is 0 Å². The number of anilines is 2. The second kappa shape index (κ2) is 7.14. The maximum Gasteiger partial charge on any atom is 0.124 e. The Hall–Kier alpha value is -2.76. The molecule has 110 valence electrons. The van der Waals surface area contributed by atoms with Crippen molar-refractivity contribution >= 4 is 11.6 Å². The molecule has 0 atom stereocenters. The SMILES string of the molecule is Cn1nccc1N.Cn1nccc1NCc1ccccc1. The number of hydrogen-bond acceptors (Lipinski definition) is 4. The van der Waals surface area contributed by atoms with Crippen molar-refractivity contribution in [3.05, 3.63) is 60.4 Å². The maximum absolute atomic E-state index is 5.34. The van der Waals surface area contributed by atoms with Crippen LogP contribution in [0.2, 0.25) is 0 Å². The Bertz CT molecular complexity index is 639. The molecular weight excluding hydrogens is 264 g/mol. The number of nitrogens with zero attached hydrogens (tertiary/aromatic N) is 4. The van der Waals surface area contributed by atoms with Gasteiger partial charge in [-0.3, -0.25) is 9.36 Å². The third-order valence-corrected chi connectivity index (χ3v) is 3.00. The fourth-order valence-corrected chi connectivity index (χ4v) is 1.72. The van der Waals surface area contributed by atoms with E-state index in [4.69, 9.17) is 5.73 Å². The minimum absolute atomic E-state index is 0.694. The third kappa shape index (κ3) is 4.38. The molecule has 1 aromatic carbocycles. The Morgan fingerprint density at radius 2 is 1.62 bits per heavy atom. The molecule has 6 heteroatoms. The molecule has 0 fully saturated rings. The van der Waals surface area contributed by atoms with Gasteiger partial charge in [0.2, 0.25) is 0 Å². The monoisotopic (exact) mass is 284 g/mol. The molecule has 3 rings (SSSR count). The molecule has 0 amide bonds. The highest BCUT2D eigenvalue weighted by Gasteiger charge is 1.96. The van der Waals surface area contributed by atoms with Crippen molar-refractivity contribution in [1.82, 2.24) is 19.6 Å². The molecule has 2 aromatic heterocycles. The lowest BCUT2D eigenvalue weighted by Gasteiger charge is -2.05. The van der Waals surface area contributed by atoms with Crippen LogP contribution in [-0.4, -0.2) is 19.6 Å². The standard InChI is InChI=1S/C11H13N3.C4H7N3/c1-14-11(7-8-13-14)12-9-10-5-3-2-4-6-10;1-7-4(5)2-3-6-7/h2-8,12H,9H2,1H3;2-3H,5H2,1H3. The first kappa shape index (κ1) is 14.6. The van der Waals surface area contributed by atoms with E-state index in [0.717, 1.165) is 12.4 Å². The predicted octanol–water partition coefficient (Wildman–Crippen LogP) is 2.03. The van der Waals surface area contributed by atoms with Crippen LogP contribution in [0.25, 0.3) is 0 Å². The summed E-state index contributed by atoms with van der Waals surface area (Å²) in [6, 6.07) is 14.0. The maximum atomic E-state index is 5.34. The van der Waals surface area contributed by atoms with Crippen LogP contribution >= 0.6 is 0 Å². The van der Waals surface area contributed by atoms with E-state index in [1.165, 1.54) is 5.56 Å². The van der Waals surface area contributed by atoms with Crippen LogP contribution in [0.15, 0.2) is 54.9 Å². The van der Waals surface area contributed by atoms with Gasteiger partial charge in [0.05, 0.1) is 12.4 Å². The smallest absolute Gasteiger partial charge is 0.124 e. The molecule has 3 aromatic rings. The topological polar surface area (TPSA) is 73.7 Å². The van der Waals surface area contributed by atoms with E-state index in [0.29, 0.717) is 5.82 Å². The first-order valence-corrected chi connectivity index (χ1v) is 6.66. The van der Waals surface area contributed by atoms with Gasteiger partial charge >= 0.3 is 0 Å². The van der Waals surface area contributed by atoms with E-state index >= 15 is 0 Å². The second-order valence-electron chi connectivity index (χ2n) is 4.56. The van der Waals surface area contributed by atoms with Crippen LogP contribution in [0.3, 0.4) is 0 Å². The van der Waals surface area contributed by atoms with Crippen molar-refractivity contribution in [3.8, 4) is 0 Å². The fraction of sp³-hybridized carbons (Fsp3) is 0.200. The number of benzene rings is 1. The van der Waals surface area contributed by atoms with Gasteiger partial charge in [-0.2, -0.15) is 10.2 Å². The molecule has 0 bridgehead atoms. The molecule has 0 spiro atoms. The molecule has 0 saturated carbocycles. The summed E-state index contributed by atoms with van der Waals surface area (Å²) in [6.07, 6.45) is 3.45. The number of aromatic nitrogens is 4. The fourth-order valence-electron chi connectivity index (χ4n) is 1.72. The molecule has 21 heavy (non-hydrogen) atoms. The van der Waals surface area contributed by atoms with E-state index in [9.17, 15) is 0 Å². The van der Waals surface area contributed by atoms with E-state index in [2.05, 4.69) is 27.6 Å². The van der Waals surface area contributed by atoms with E-state index in [1.54, 1.807) is 30.2 Å². The number of nitrogens with one attached hydrogen (secondary N) is 1. The Morgan fingerprint density at radius 1 is 0.952 bits per heavy atom. The van der Waals surface area contributed by atoms with E-state index < -0.39 is 0 Å². The Kier molecular flexibility index (Phi) is 4.98. The Morgan fingerprint density at radius 3 is 2.10 bits per heavy atom. The summed E-state index contributed by atoms with van der Waals surface area (Å²) < 4.78 is 3.43. The molecular formula is C15H20N6. The zero-order chi connectivity index (χ0) is 15.1. The van der Waals surface area contributed by atoms with Crippen LogP contribution in [-0.2, 0) is 20.6 Å². The second-order valence-corrected chi connectivity index (χ2v) is 4.56. The van der Waals surface area contributed by atoms with Crippen molar-refractivity contribution in [1.29, 1.82) is 0 Å². The molecule has 0 radical (unpaired) electrons. The van der Waals surface area contributed by atoms with Crippen LogP contribution in [0.5, 0.6) is 0 Å². The molecule has 6 nitrogen and oxygen atoms in total. The van der Waals surface area contributed by atoms with Gasteiger partial charge in [-0.05, 0) is 11.6 Å². The number of aryl methyl sites for hydroxylation is 2. The van der Waals surface area contributed by atoms with E-state index in [-0.39, 0.29) is 0 Å². The molecule has 0 aliphatic carbocycles. The van der Waals surface area contributed by atoms with Gasteiger partial charge in [-0.15, -0.1) is 0 Å². The Balaban J connectivity index is 0.000000194. The summed E-state index contributed by atoms with van der Waals surface area (Å²) in [5.74, 6) is 1.73. The molecule has 0 aliphatic rings. The summed E-state index contributed by atoms with van der Waals surface area (Å²) in [6.45, 7) is 0.834. The normalized spacial score (nSPS) is 9.81. The van der Waals surface area contributed by atoms with Gasteiger partial charge in [0.25, 0.3) is 0 Å². The minimum Gasteiger partial charge on any atom is -0.384 e. The first-order valence-electron chi connectivity index (χ1n) is 6.66. The summed E-state index contributed by atoms with van der Waals surface area (Å²) >= 11 is 0. The van der Waals surface area contributed by atoms with Gasteiger partial charge in [-0.25, -0.2) is 0 Å². The highest BCUT2D eigenvalue weighted by atomic mass is 15.3. The van der Waals surface area contributed by atoms with Crippen molar-refractivity contribution in [2.24, 2.45) is 14.1 Å². The van der Waals surface area contributed by atoms with Crippen LogP contribution in [0.1, 0.15) is 5.56 Å². The van der Waals surface area contributed by atoms with Crippen LogP contribution in [0.4, 0.5) is 11.6 Å². The largest absolute Gasteiger partial charge is 0.384 e. The quantitative estimate of drug-likeness (QED) is 0.772. The zero-order valence-electron chi connectivity index (χ0n) is 12.3. The van der Waals surface area contributed by atoms with E-state index in [1.807, 2.05) is 36.0 Å². The average molecular weight is 284 g/mol. The molecule has 0 saturated heterocycles. The zero-order valence-corrected chi connectivity index (χ0v) is 12.3. The molecule has 0 aliphatic heterocycles. The predicted molar refractivity (Wildman–Crippen MR) is 84.6 cm³/mol. The van der Waals surface area contributed by atoms with Crippen molar-refractivity contribution in [2.75, 3.05) is 11.1 Å². The molecule has 3 N–H and O–H groups in total.